The molecule has 0 aliphatic carbocycles. The first-order valence-electron chi connectivity index (χ1n) is 4.30. The van der Waals surface area contributed by atoms with Crippen molar-refractivity contribution in [3.05, 3.63) is 29.8 Å². The molecule has 6 nitrogen and oxygen atoms in total. The maximum Gasteiger partial charge on any atom is 0.306 e. The number of hydrogen-bond donors (Lipinski definition) is 1. The number of aromatic nitrogens is 4. The van der Waals surface area contributed by atoms with Crippen molar-refractivity contribution in [1.82, 2.24) is 20.6 Å². The van der Waals surface area contributed by atoms with Gasteiger partial charge in [0.15, 0.2) is 0 Å². The molecule has 1 heterocycles. The van der Waals surface area contributed by atoms with Crippen LogP contribution >= 0.6 is 0 Å². The number of aromatic amines is 1. The number of nitrogens with zero attached hydrogens (tertiary/aromatic N) is 3. The number of rotatable bonds is 3. The summed E-state index contributed by atoms with van der Waals surface area (Å²) in [5.74, 6) is -0.322. The molecule has 0 radical (unpaired) electrons. The van der Waals surface area contributed by atoms with Gasteiger partial charge in [0.05, 0.1) is 0 Å². The lowest BCUT2D eigenvalue weighted by Gasteiger charge is -1.99. The predicted molar refractivity (Wildman–Crippen MR) is 53.3 cm³/mol. The molecular weight excluding hydrogens is 235 g/mol. The SMILES string of the molecule is O=S(=O)(F)Cc1cccc(-c2nn[nH]n2)c1. The second-order valence-electron chi connectivity index (χ2n) is 3.12. The molecule has 0 spiro atoms. The Morgan fingerprint density at radius 2 is 2.19 bits per heavy atom. The molecule has 0 saturated heterocycles. The van der Waals surface area contributed by atoms with Crippen LogP contribution in [0.15, 0.2) is 24.3 Å². The van der Waals surface area contributed by atoms with Gasteiger partial charge in [0.1, 0.15) is 5.75 Å². The van der Waals surface area contributed by atoms with Crippen molar-refractivity contribution >= 4 is 10.2 Å². The molecule has 0 aliphatic heterocycles. The Bertz CT molecular complexity index is 582. The molecule has 1 N–H and O–H groups in total. The topological polar surface area (TPSA) is 88.6 Å². The third-order valence-corrected chi connectivity index (χ3v) is 2.55. The highest BCUT2D eigenvalue weighted by Crippen LogP contribution is 2.16. The second kappa shape index (κ2) is 3.97. The van der Waals surface area contributed by atoms with Crippen LogP contribution in [0.4, 0.5) is 3.89 Å². The third kappa shape index (κ3) is 2.60. The molecule has 1 aromatic carbocycles. The minimum atomic E-state index is -4.53. The van der Waals surface area contributed by atoms with Crippen LogP contribution in [0.1, 0.15) is 5.56 Å². The first-order chi connectivity index (χ1) is 7.54. The largest absolute Gasteiger partial charge is 0.306 e. The van der Waals surface area contributed by atoms with Crippen LogP contribution in [-0.4, -0.2) is 29.0 Å². The highest BCUT2D eigenvalue weighted by molar-refractivity contribution is 7.85. The summed E-state index contributed by atoms with van der Waals surface area (Å²) in [4.78, 5) is 0. The van der Waals surface area contributed by atoms with Crippen molar-refractivity contribution in [1.29, 1.82) is 0 Å². The molecule has 8 heteroatoms. The molecule has 0 aliphatic rings. The van der Waals surface area contributed by atoms with Gasteiger partial charge in [-0.1, -0.05) is 18.2 Å². The van der Waals surface area contributed by atoms with E-state index in [1.54, 1.807) is 12.1 Å². The van der Waals surface area contributed by atoms with Crippen LogP contribution in [0.3, 0.4) is 0 Å². The second-order valence-corrected chi connectivity index (χ2v) is 4.49. The molecule has 16 heavy (non-hydrogen) atoms. The summed E-state index contributed by atoms with van der Waals surface area (Å²) in [6.45, 7) is 0. The van der Waals surface area contributed by atoms with Crippen LogP contribution < -0.4 is 0 Å². The lowest BCUT2D eigenvalue weighted by atomic mass is 10.1. The molecule has 0 unspecified atom stereocenters. The van der Waals surface area contributed by atoms with E-state index in [0.29, 0.717) is 17.0 Å². The molecular formula is C8H7FN4O2S. The van der Waals surface area contributed by atoms with Crippen molar-refractivity contribution in [3.8, 4) is 11.4 Å². The summed E-state index contributed by atoms with van der Waals surface area (Å²) >= 11 is 0. The zero-order valence-electron chi connectivity index (χ0n) is 7.96. The van der Waals surface area contributed by atoms with Gasteiger partial charge < -0.3 is 0 Å². The number of benzene rings is 1. The van der Waals surface area contributed by atoms with E-state index in [4.69, 9.17) is 0 Å². The van der Waals surface area contributed by atoms with E-state index in [2.05, 4.69) is 20.6 Å². The zero-order chi connectivity index (χ0) is 11.6. The number of hydrogen-bond acceptors (Lipinski definition) is 5. The Kier molecular flexibility index (Phi) is 2.65. The van der Waals surface area contributed by atoms with Crippen LogP contribution in [0.2, 0.25) is 0 Å². The van der Waals surface area contributed by atoms with Crippen LogP contribution in [0.5, 0.6) is 0 Å². The van der Waals surface area contributed by atoms with Gasteiger partial charge in [-0.25, -0.2) is 0 Å². The van der Waals surface area contributed by atoms with Crippen molar-refractivity contribution in [2.45, 2.75) is 5.75 Å². The molecule has 2 rings (SSSR count). The van der Waals surface area contributed by atoms with E-state index in [-0.39, 0.29) is 0 Å². The van der Waals surface area contributed by atoms with Crippen molar-refractivity contribution < 1.29 is 12.3 Å². The Morgan fingerprint density at radius 3 is 2.81 bits per heavy atom. The van der Waals surface area contributed by atoms with Crippen molar-refractivity contribution in [2.75, 3.05) is 0 Å². The van der Waals surface area contributed by atoms with Gasteiger partial charge in [0, 0.05) is 5.56 Å². The predicted octanol–water partition coefficient (Wildman–Crippen LogP) is 0.666. The van der Waals surface area contributed by atoms with Crippen molar-refractivity contribution in [2.24, 2.45) is 0 Å². The van der Waals surface area contributed by atoms with Gasteiger partial charge in [0.2, 0.25) is 5.82 Å². The maximum atomic E-state index is 12.5. The first kappa shape index (κ1) is 10.7. The number of tetrazole rings is 1. The van der Waals surface area contributed by atoms with Gasteiger partial charge in [-0.15, -0.1) is 14.1 Å². The number of halogens is 1. The van der Waals surface area contributed by atoms with Gasteiger partial charge in [-0.2, -0.15) is 13.6 Å². The number of H-pyrrole nitrogens is 1. The summed E-state index contributed by atoms with van der Waals surface area (Å²) in [7, 11) is -4.53. The fourth-order valence-corrected chi connectivity index (χ4v) is 1.86. The van der Waals surface area contributed by atoms with Gasteiger partial charge >= 0.3 is 10.2 Å². The van der Waals surface area contributed by atoms with E-state index in [1.165, 1.54) is 12.1 Å². The lowest BCUT2D eigenvalue weighted by Crippen LogP contribution is -1.96. The Balaban J connectivity index is 2.34. The van der Waals surface area contributed by atoms with Gasteiger partial charge in [-0.05, 0) is 16.8 Å². The zero-order valence-corrected chi connectivity index (χ0v) is 8.78. The average molecular weight is 242 g/mol. The number of nitrogens with one attached hydrogen (secondary N) is 1. The molecule has 1 aromatic heterocycles. The van der Waals surface area contributed by atoms with E-state index in [0.717, 1.165) is 0 Å². The Labute approximate surface area is 90.7 Å². The smallest absolute Gasteiger partial charge is 0.194 e. The van der Waals surface area contributed by atoms with E-state index in [9.17, 15) is 12.3 Å². The summed E-state index contributed by atoms with van der Waals surface area (Å²) in [6.07, 6.45) is 0. The summed E-state index contributed by atoms with van der Waals surface area (Å²) in [5, 5.41) is 13.1. The molecule has 0 saturated carbocycles. The first-order valence-corrected chi connectivity index (χ1v) is 5.85. The van der Waals surface area contributed by atoms with Gasteiger partial charge in [0.25, 0.3) is 0 Å². The average Bonchev–Trinajstić information content (AvgIpc) is 2.68. The molecule has 0 bridgehead atoms. The monoisotopic (exact) mass is 242 g/mol. The molecule has 0 amide bonds. The van der Waals surface area contributed by atoms with E-state index in [1.807, 2.05) is 0 Å². The fourth-order valence-electron chi connectivity index (χ4n) is 1.28. The van der Waals surface area contributed by atoms with E-state index < -0.39 is 16.0 Å². The van der Waals surface area contributed by atoms with Gasteiger partial charge in [-0.3, -0.25) is 0 Å². The highest BCUT2D eigenvalue weighted by Gasteiger charge is 2.10. The minimum Gasteiger partial charge on any atom is -0.194 e. The standard InChI is InChI=1S/C8H7FN4O2S/c9-16(14,15)5-6-2-1-3-7(4-6)8-10-12-13-11-8/h1-4H,5H2,(H,10,11,12,13). The van der Waals surface area contributed by atoms with Crippen LogP contribution in [0.25, 0.3) is 11.4 Å². The molecule has 0 atom stereocenters. The Morgan fingerprint density at radius 1 is 1.38 bits per heavy atom. The van der Waals surface area contributed by atoms with E-state index >= 15 is 0 Å². The van der Waals surface area contributed by atoms with Crippen molar-refractivity contribution in [3.63, 3.8) is 0 Å². The fraction of sp³-hybridized carbons (Fsp3) is 0.125. The minimum absolute atomic E-state index is 0.332. The maximum absolute atomic E-state index is 12.5. The Hall–Kier alpha value is -1.83. The summed E-state index contributed by atoms with van der Waals surface area (Å²) in [5.41, 5.74) is 0.916. The summed E-state index contributed by atoms with van der Waals surface area (Å²) in [6, 6.07) is 6.30. The molecule has 0 fully saturated rings. The summed E-state index contributed by atoms with van der Waals surface area (Å²) < 4.78 is 33.4. The third-order valence-electron chi connectivity index (χ3n) is 1.87. The van der Waals surface area contributed by atoms with Crippen LogP contribution in [0, 0.1) is 0 Å². The van der Waals surface area contributed by atoms with Crippen LogP contribution in [-0.2, 0) is 16.0 Å². The molecule has 84 valence electrons. The quantitative estimate of drug-likeness (QED) is 0.799. The molecule has 2 aromatic rings. The normalized spacial score (nSPS) is 11.6. The lowest BCUT2D eigenvalue weighted by molar-refractivity contribution is 0.551. The highest BCUT2D eigenvalue weighted by atomic mass is 32.3.